The van der Waals surface area contributed by atoms with E-state index in [2.05, 4.69) is 31.4 Å². The van der Waals surface area contributed by atoms with Crippen molar-refractivity contribution in [2.75, 3.05) is 20.8 Å². The minimum atomic E-state index is -0.00519. The number of hydrogen-bond donors (Lipinski definition) is 1. The lowest BCUT2D eigenvalue weighted by Gasteiger charge is -2.12. The molecule has 1 N–H and O–H groups in total. The molecular formula is C22H24BrN3O4. The van der Waals surface area contributed by atoms with Gasteiger partial charge < -0.3 is 19.3 Å². The number of nitrogens with zero attached hydrogens (tertiary/aromatic N) is 2. The van der Waals surface area contributed by atoms with E-state index in [0.29, 0.717) is 55.4 Å². The molecule has 30 heavy (non-hydrogen) atoms. The number of hydrogen-bond acceptors (Lipinski definition) is 6. The van der Waals surface area contributed by atoms with Crippen LogP contribution in [0.2, 0.25) is 0 Å². The summed E-state index contributed by atoms with van der Waals surface area (Å²) in [4.78, 5) is 16.5. The van der Waals surface area contributed by atoms with Crippen molar-refractivity contribution in [3.63, 3.8) is 0 Å². The Bertz CT molecular complexity index is 976. The van der Waals surface area contributed by atoms with Crippen LogP contribution in [-0.2, 0) is 17.6 Å². The Hall–Kier alpha value is -2.87. The lowest BCUT2D eigenvalue weighted by Crippen LogP contribution is -2.25. The first kappa shape index (κ1) is 21.8. The molecule has 2 aromatic carbocycles. The Balaban J connectivity index is 1.41. The third-order valence-electron chi connectivity index (χ3n) is 4.56. The molecule has 0 aliphatic rings. The standard InChI is InChI=1S/C22H24BrN3O4/c1-28-18-13-16(17(23)14-19(18)29-2)11-12-24-20(27)9-6-10-21-25-22(26-30-21)15-7-4-3-5-8-15/h3-5,7-8,13-14H,6,9-12H2,1-2H3,(H,24,27). The van der Waals surface area contributed by atoms with Crippen molar-refractivity contribution in [3.05, 3.63) is 58.4 Å². The second-order valence-corrected chi connectivity index (χ2v) is 7.48. The fourth-order valence-electron chi connectivity index (χ4n) is 2.97. The van der Waals surface area contributed by atoms with E-state index in [4.69, 9.17) is 14.0 Å². The summed E-state index contributed by atoms with van der Waals surface area (Å²) in [6.07, 6.45) is 2.28. The number of aromatic nitrogens is 2. The minimum absolute atomic E-state index is 0.00519. The topological polar surface area (TPSA) is 86.5 Å². The van der Waals surface area contributed by atoms with Crippen LogP contribution in [-0.4, -0.2) is 36.8 Å². The van der Waals surface area contributed by atoms with E-state index in [9.17, 15) is 4.79 Å². The van der Waals surface area contributed by atoms with Crippen LogP contribution in [0.3, 0.4) is 0 Å². The summed E-state index contributed by atoms with van der Waals surface area (Å²) in [5.41, 5.74) is 1.94. The zero-order valence-electron chi connectivity index (χ0n) is 17.0. The Kier molecular flexibility index (Phi) is 7.84. The van der Waals surface area contributed by atoms with Crippen molar-refractivity contribution in [2.45, 2.75) is 25.7 Å². The van der Waals surface area contributed by atoms with E-state index in [0.717, 1.165) is 15.6 Å². The molecule has 0 radical (unpaired) electrons. The molecule has 8 heteroatoms. The molecule has 0 atom stereocenters. The van der Waals surface area contributed by atoms with Gasteiger partial charge in [0, 0.05) is 29.4 Å². The Morgan fingerprint density at radius 2 is 1.83 bits per heavy atom. The lowest BCUT2D eigenvalue weighted by atomic mass is 10.1. The van der Waals surface area contributed by atoms with E-state index >= 15 is 0 Å². The molecule has 158 valence electrons. The van der Waals surface area contributed by atoms with Crippen molar-refractivity contribution in [2.24, 2.45) is 0 Å². The Morgan fingerprint density at radius 3 is 2.57 bits per heavy atom. The third kappa shape index (κ3) is 5.82. The number of rotatable bonds is 10. The smallest absolute Gasteiger partial charge is 0.226 e. The van der Waals surface area contributed by atoms with Gasteiger partial charge >= 0.3 is 0 Å². The molecule has 0 bridgehead atoms. The van der Waals surface area contributed by atoms with Crippen molar-refractivity contribution in [1.29, 1.82) is 0 Å². The minimum Gasteiger partial charge on any atom is -0.493 e. The molecule has 0 saturated carbocycles. The molecule has 0 aliphatic carbocycles. The van der Waals surface area contributed by atoms with Gasteiger partial charge in [-0.3, -0.25) is 4.79 Å². The van der Waals surface area contributed by atoms with Gasteiger partial charge in [-0.2, -0.15) is 4.98 Å². The van der Waals surface area contributed by atoms with Crippen molar-refractivity contribution >= 4 is 21.8 Å². The third-order valence-corrected chi connectivity index (χ3v) is 5.30. The van der Waals surface area contributed by atoms with Gasteiger partial charge in [0.05, 0.1) is 14.2 Å². The highest BCUT2D eigenvalue weighted by Gasteiger charge is 2.11. The van der Waals surface area contributed by atoms with Crippen LogP contribution in [0.15, 0.2) is 51.5 Å². The molecule has 0 fully saturated rings. The quantitative estimate of drug-likeness (QED) is 0.474. The van der Waals surface area contributed by atoms with E-state index in [1.54, 1.807) is 14.2 Å². The molecule has 3 aromatic rings. The van der Waals surface area contributed by atoms with Crippen LogP contribution in [0.1, 0.15) is 24.3 Å². The van der Waals surface area contributed by atoms with Gasteiger partial charge in [-0.15, -0.1) is 0 Å². The maximum absolute atomic E-state index is 12.1. The fourth-order valence-corrected chi connectivity index (χ4v) is 3.49. The Morgan fingerprint density at radius 1 is 1.10 bits per heavy atom. The number of ether oxygens (including phenoxy) is 2. The molecule has 0 spiro atoms. The van der Waals surface area contributed by atoms with Crippen LogP contribution in [0, 0.1) is 0 Å². The summed E-state index contributed by atoms with van der Waals surface area (Å²) in [6.45, 7) is 0.533. The lowest BCUT2D eigenvalue weighted by molar-refractivity contribution is -0.121. The first-order valence-corrected chi connectivity index (χ1v) is 10.4. The average molecular weight is 474 g/mol. The first-order chi connectivity index (χ1) is 14.6. The highest BCUT2D eigenvalue weighted by atomic mass is 79.9. The van der Waals surface area contributed by atoms with Gasteiger partial charge in [0.1, 0.15) is 0 Å². The molecule has 7 nitrogen and oxygen atoms in total. The molecule has 0 aliphatic heterocycles. The van der Waals surface area contributed by atoms with Gasteiger partial charge in [-0.1, -0.05) is 51.4 Å². The number of benzene rings is 2. The molecule has 3 rings (SSSR count). The van der Waals surface area contributed by atoms with Gasteiger partial charge in [-0.05, 0) is 30.5 Å². The summed E-state index contributed by atoms with van der Waals surface area (Å²) in [6, 6.07) is 13.4. The predicted octanol–water partition coefficient (Wildman–Crippen LogP) is 4.20. The number of carbonyl (C=O) groups excluding carboxylic acids is 1. The van der Waals surface area contributed by atoms with Crippen molar-refractivity contribution in [3.8, 4) is 22.9 Å². The summed E-state index contributed by atoms with van der Waals surface area (Å²) >= 11 is 3.53. The van der Waals surface area contributed by atoms with Gasteiger partial charge in [0.2, 0.25) is 17.6 Å². The highest BCUT2D eigenvalue weighted by molar-refractivity contribution is 9.10. The summed E-state index contributed by atoms with van der Waals surface area (Å²) in [7, 11) is 3.20. The number of carbonyl (C=O) groups is 1. The molecule has 1 amide bonds. The second kappa shape index (κ2) is 10.8. The van der Waals surface area contributed by atoms with Crippen LogP contribution < -0.4 is 14.8 Å². The zero-order valence-corrected chi connectivity index (χ0v) is 18.6. The van der Waals surface area contributed by atoms with E-state index in [1.807, 2.05) is 42.5 Å². The molecule has 1 heterocycles. The van der Waals surface area contributed by atoms with Crippen LogP contribution in [0.25, 0.3) is 11.4 Å². The van der Waals surface area contributed by atoms with Gasteiger partial charge in [-0.25, -0.2) is 0 Å². The van der Waals surface area contributed by atoms with Crippen molar-refractivity contribution < 1.29 is 18.8 Å². The summed E-state index contributed by atoms with van der Waals surface area (Å²) in [5.74, 6) is 2.42. The predicted molar refractivity (Wildman–Crippen MR) is 117 cm³/mol. The van der Waals surface area contributed by atoms with Crippen LogP contribution >= 0.6 is 15.9 Å². The number of aryl methyl sites for hydroxylation is 1. The van der Waals surface area contributed by atoms with E-state index < -0.39 is 0 Å². The zero-order chi connectivity index (χ0) is 21.3. The van der Waals surface area contributed by atoms with Crippen LogP contribution in [0.4, 0.5) is 0 Å². The SMILES string of the molecule is COc1cc(Br)c(CCNC(=O)CCCc2nc(-c3ccccc3)no2)cc1OC. The number of methoxy groups -OCH3 is 2. The van der Waals surface area contributed by atoms with Crippen molar-refractivity contribution in [1.82, 2.24) is 15.5 Å². The van der Waals surface area contributed by atoms with E-state index in [1.165, 1.54) is 0 Å². The molecule has 0 unspecified atom stereocenters. The average Bonchev–Trinajstić information content (AvgIpc) is 3.24. The summed E-state index contributed by atoms with van der Waals surface area (Å²) in [5, 5.41) is 6.94. The molecule has 0 saturated heterocycles. The Labute approximate surface area is 183 Å². The van der Waals surface area contributed by atoms with Gasteiger partial charge in [0.15, 0.2) is 11.5 Å². The number of nitrogens with one attached hydrogen (secondary N) is 1. The fraction of sp³-hybridized carbons (Fsp3) is 0.318. The number of halogens is 1. The largest absolute Gasteiger partial charge is 0.493 e. The molecule has 1 aromatic heterocycles. The summed E-state index contributed by atoms with van der Waals surface area (Å²) < 4.78 is 16.8. The number of amides is 1. The molecular weight excluding hydrogens is 450 g/mol. The first-order valence-electron chi connectivity index (χ1n) is 9.65. The maximum atomic E-state index is 12.1. The maximum Gasteiger partial charge on any atom is 0.226 e. The second-order valence-electron chi connectivity index (χ2n) is 6.63. The van der Waals surface area contributed by atoms with E-state index in [-0.39, 0.29) is 5.91 Å². The monoisotopic (exact) mass is 473 g/mol. The normalized spacial score (nSPS) is 10.6. The highest BCUT2D eigenvalue weighted by Crippen LogP contribution is 2.33. The van der Waals surface area contributed by atoms with Crippen LogP contribution in [0.5, 0.6) is 11.5 Å². The van der Waals surface area contributed by atoms with Gasteiger partial charge in [0.25, 0.3) is 0 Å².